The van der Waals surface area contributed by atoms with Gasteiger partial charge in [-0.3, -0.25) is 14.3 Å². The van der Waals surface area contributed by atoms with Crippen molar-refractivity contribution in [3.8, 4) is 0 Å². The Kier molecular flexibility index (Phi) is 3.59. The van der Waals surface area contributed by atoms with E-state index >= 15 is 0 Å². The Morgan fingerprint density at radius 2 is 2.17 bits per heavy atom. The first-order valence-corrected chi connectivity index (χ1v) is 10.1. The Bertz CT molecular complexity index is 1550. The van der Waals surface area contributed by atoms with Crippen LogP contribution in [-0.2, 0) is 20.0 Å². The van der Waals surface area contributed by atoms with Crippen LogP contribution in [0.3, 0.4) is 0 Å². The van der Waals surface area contributed by atoms with E-state index in [1.54, 1.807) is 29.9 Å². The number of hydrogen-bond donors (Lipinski definition) is 1. The van der Waals surface area contributed by atoms with Crippen LogP contribution in [0.2, 0.25) is 0 Å². The normalized spacial score (nSPS) is 11.9. The third kappa shape index (κ3) is 2.55. The predicted octanol–water partition coefficient (Wildman–Crippen LogP) is 1.75. The maximum atomic E-state index is 13.2. The summed E-state index contributed by atoms with van der Waals surface area (Å²) in [6.07, 6.45) is 9.55. The lowest BCUT2D eigenvalue weighted by Crippen LogP contribution is -2.24. The van der Waals surface area contributed by atoms with Crippen molar-refractivity contribution in [2.24, 2.45) is 7.05 Å². The Morgan fingerprint density at radius 3 is 3.00 bits per heavy atom. The molecule has 6 aromatic heterocycles. The third-order valence-corrected chi connectivity index (χ3v) is 6.14. The predicted molar refractivity (Wildman–Crippen MR) is 112 cm³/mol. The van der Waals surface area contributed by atoms with Crippen molar-refractivity contribution in [2.75, 3.05) is 0 Å². The highest BCUT2D eigenvalue weighted by atomic mass is 32.1. The Morgan fingerprint density at radius 1 is 1.23 bits per heavy atom. The first kappa shape index (κ1) is 17.0. The van der Waals surface area contributed by atoms with Gasteiger partial charge in [0, 0.05) is 49.3 Å². The first-order chi connectivity index (χ1) is 14.7. The molecule has 0 fully saturated rings. The summed E-state index contributed by atoms with van der Waals surface area (Å²) in [5.74, 6) is 0.593. The van der Waals surface area contributed by atoms with Crippen molar-refractivity contribution < 1.29 is 0 Å². The third-order valence-electron chi connectivity index (χ3n) is 5.07. The molecule has 0 unspecified atom stereocenters. The molecular weight excluding hydrogens is 402 g/mol. The number of imidazole rings is 1. The topological polar surface area (TPSA) is 112 Å². The molecule has 6 rings (SSSR count). The maximum Gasteiger partial charge on any atom is 0.291 e. The molecular formula is C19H15N9OS. The van der Waals surface area contributed by atoms with Crippen molar-refractivity contribution >= 4 is 38.4 Å². The van der Waals surface area contributed by atoms with Gasteiger partial charge in [0.25, 0.3) is 5.56 Å². The van der Waals surface area contributed by atoms with Gasteiger partial charge in [-0.25, -0.2) is 19.6 Å². The van der Waals surface area contributed by atoms with Crippen LogP contribution in [-0.4, -0.2) is 43.9 Å². The van der Waals surface area contributed by atoms with E-state index in [1.165, 1.54) is 4.68 Å². The van der Waals surface area contributed by atoms with Crippen LogP contribution in [0, 0.1) is 0 Å². The number of H-pyrrole nitrogens is 1. The number of aryl methyl sites for hydroxylation is 1. The summed E-state index contributed by atoms with van der Waals surface area (Å²) in [6.45, 7) is 0.273. The molecule has 0 saturated carbocycles. The molecule has 6 aromatic rings. The summed E-state index contributed by atoms with van der Waals surface area (Å²) in [5, 5.41) is 13.1. The molecule has 11 heteroatoms. The fourth-order valence-corrected chi connectivity index (χ4v) is 4.80. The van der Waals surface area contributed by atoms with Gasteiger partial charge in [-0.2, -0.15) is 10.2 Å². The zero-order chi connectivity index (χ0) is 20.2. The highest BCUT2D eigenvalue weighted by Crippen LogP contribution is 2.31. The zero-order valence-corrected chi connectivity index (χ0v) is 16.7. The van der Waals surface area contributed by atoms with E-state index < -0.39 is 0 Å². The van der Waals surface area contributed by atoms with Gasteiger partial charge in [0.1, 0.15) is 10.5 Å². The molecule has 0 aliphatic carbocycles. The standard InChI is InChI=1S/C19H15N9OS/c1-26-15-13(16-17(26)24-14(30-16)7-11-3-5-21-25-11)8-22-28(18(15)29)10-12-9-27-6-2-4-20-19(27)23-12/h2-6,8-9H,7,10H2,1H3,(H,21,25). The molecule has 0 saturated heterocycles. The van der Waals surface area contributed by atoms with Crippen LogP contribution in [0.4, 0.5) is 0 Å². The van der Waals surface area contributed by atoms with Gasteiger partial charge in [0.15, 0.2) is 5.65 Å². The number of nitrogens with zero attached hydrogens (tertiary/aromatic N) is 8. The summed E-state index contributed by atoms with van der Waals surface area (Å²) in [4.78, 5) is 26.6. The fraction of sp³-hybridized carbons (Fsp3) is 0.158. The summed E-state index contributed by atoms with van der Waals surface area (Å²) >= 11 is 1.58. The van der Waals surface area contributed by atoms with E-state index in [0.717, 1.165) is 32.1 Å². The quantitative estimate of drug-likeness (QED) is 0.468. The van der Waals surface area contributed by atoms with E-state index in [2.05, 4.69) is 25.3 Å². The zero-order valence-electron chi connectivity index (χ0n) is 15.8. The minimum atomic E-state index is -0.166. The maximum absolute atomic E-state index is 13.2. The molecule has 148 valence electrons. The van der Waals surface area contributed by atoms with E-state index in [4.69, 9.17) is 4.98 Å². The highest BCUT2D eigenvalue weighted by Gasteiger charge is 2.19. The number of aromatic nitrogens is 9. The number of thiazole rings is 1. The van der Waals surface area contributed by atoms with Gasteiger partial charge in [-0.1, -0.05) is 0 Å². The lowest BCUT2D eigenvalue weighted by atomic mass is 10.3. The Labute approximate surface area is 172 Å². The van der Waals surface area contributed by atoms with Crippen LogP contribution in [0.5, 0.6) is 0 Å². The molecule has 10 nitrogen and oxygen atoms in total. The molecule has 0 aliphatic rings. The Balaban J connectivity index is 1.42. The second kappa shape index (κ2) is 6.32. The molecule has 30 heavy (non-hydrogen) atoms. The lowest BCUT2D eigenvalue weighted by Gasteiger charge is -2.03. The van der Waals surface area contributed by atoms with E-state index in [0.29, 0.717) is 17.7 Å². The van der Waals surface area contributed by atoms with Crippen LogP contribution < -0.4 is 5.56 Å². The average Bonchev–Trinajstić information content (AvgIpc) is 3.51. The number of rotatable bonds is 4. The van der Waals surface area contributed by atoms with Crippen LogP contribution >= 0.6 is 11.3 Å². The Hall–Kier alpha value is -3.86. The highest BCUT2D eigenvalue weighted by molar-refractivity contribution is 7.19. The van der Waals surface area contributed by atoms with E-state index in [9.17, 15) is 4.79 Å². The second-order valence-corrected chi connectivity index (χ2v) is 8.09. The van der Waals surface area contributed by atoms with Gasteiger partial charge >= 0.3 is 0 Å². The van der Waals surface area contributed by atoms with E-state index in [1.807, 2.05) is 40.5 Å². The van der Waals surface area contributed by atoms with Gasteiger partial charge in [-0.15, -0.1) is 11.3 Å². The van der Waals surface area contributed by atoms with Crippen molar-refractivity contribution in [1.29, 1.82) is 0 Å². The number of aromatic amines is 1. The van der Waals surface area contributed by atoms with Crippen LogP contribution in [0.15, 0.2) is 47.9 Å². The average molecular weight is 417 g/mol. The van der Waals surface area contributed by atoms with Gasteiger partial charge in [0.05, 0.1) is 23.1 Å². The van der Waals surface area contributed by atoms with E-state index in [-0.39, 0.29) is 12.1 Å². The molecule has 0 spiro atoms. The molecule has 6 heterocycles. The second-order valence-electron chi connectivity index (χ2n) is 7.01. The van der Waals surface area contributed by atoms with Crippen molar-refractivity contribution in [1.82, 2.24) is 43.9 Å². The molecule has 0 amide bonds. The molecule has 0 bridgehead atoms. The number of fused-ring (bicyclic) bond motifs is 4. The largest absolute Gasteiger partial charge is 0.323 e. The minimum Gasteiger partial charge on any atom is -0.323 e. The fourth-order valence-electron chi connectivity index (χ4n) is 3.68. The van der Waals surface area contributed by atoms with Crippen molar-refractivity contribution in [2.45, 2.75) is 13.0 Å². The molecule has 0 aliphatic heterocycles. The van der Waals surface area contributed by atoms with Gasteiger partial charge in [0.2, 0.25) is 5.78 Å². The number of nitrogens with one attached hydrogen (secondary N) is 1. The first-order valence-electron chi connectivity index (χ1n) is 9.28. The smallest absolute Gasteiger partial charge is 0.291 e. The molecule has 0 aromatic carbocycles. The number of hydrogen-bond acceptors (Lipinski definition) is 7. The van der Waals surface area contributed by atoms with Crippen LogP contribution in [0.1, 0.15) is 16.4 Å². The SMILES string of the molecule is Cn1c2nc(Cc3ccn[nH]3)sc2c2cnn(Cc3cn4cccnc4n3)c(=O)c21. The summed E-state index contributed by atoms with van der Waals surface area (Å²) < 4.78 is 6.07. The summed E-state index contributed by atoms with van der Waals surface area (Å²) in [5.41, 5.74) is 2.94. The minimum absolute atomic E-state index is 0.166. The van der Waals surface area contributed by atoms with Gasteiger partial charge in [-0.05, 0) is 12.1 Å². The lowest BCUT2D eigenvalue weighted by molar-refractivity contribution is 0.635. The van der Waals surface area contributed by atoms with Crippen molar-refractivity contribution in [3.63, 3.8) is 0 Å². The van der Waals surface area contributed by atoms with Crippen molar-refractivity contribution in [3.05, 3.63) is 69.9 Å². The molecule has 1 N–H and O–H groups in total. The molecule has 0 atom stereocenters. The van der Waals surface area contributed by atoms with Crippen LogP contribution in [0.25, 0.3) is 27.0 Å². The summed E-state index contributed by atoms with van der Waals surface area (Å²) in [6, 6.07) is 3.76. The van der Waals surface area contributed by atoms with Gasteiger partial charge < -0.3 is 4.57 Å². The summed E-state index contributed by atoms with van der Waals surface area (Å²) in [7, 11) is 1.87. The molecule has 0 radical (unpaired) electrons. The monoisotopic (exact) mass is 417 g/mol.